The molecule has 0 bridgehead atoms. The summed E-state index contributed by atoms with van der Waals surface area (Å²) in [6, 6.07) is 2.98. The Hall–Kier alpha value is -1.67. The van der Waals surface area contributed by atoms with E-state index in [4.69, 9.17) is 4.74 Å². The summed E-state index contributed by atoms with van der Waals surface area (Å²) < 4.78 is 23.4. The number of aromatic hydroxyl groups is 1. The van der Waals surface area contributed by atoms with Gasteiger partial charge in [0.25, 0.3) is 0 Å². The van der Waals surface area contributed by atoms with Crippen LogP contribution in [0.15, 0.2) is 12.3 Å². The van der Waals surface area contributed by atoms with E-state index in [1.54, 1.807) is 10.9 Å². The second-order valence-electron chi connectivity index (χ2n) is 11.4. The van der Waals surface area contributed by atoms with Gasteiger partial charge in [0.05, 0.1) is 28.0 Å². The van der Waals surface area contributed by atoms with Gasteiger partial charge in [-0.2, -0.15) is 9.49 Å². The second-order valence-corrected chi connectivity index (χ2v) is 23.6. The number of hydrogen-bond acceptors (Lipinski definition) is 4. The molecule has 186 valence electrons. The van der Waals surface area contributed by atoms with Gasteiger partial charge in [0.2, 0.25) is 0 Å². The Morgan fingerprint density at radius 3 is 2.29 bits per heavy atom. The van der Waals surface area contributed by atoms with Gasteiger partial charge in [-0.1, -0.05) is 67.1 Å². The van der Waals surface area contributed by atoms with Crippen molar-refractivity contribution >= 4 is 48.5 Å². The fourth-order valence-corrected chi connectivity index (χ4v) is 12.0. The van der Waals surface area contributed by atoms with Crippen LogP contribution in [-0.2, 0) is 11.5 Å². The number of ether oxygens (including phenoxy) is 1. The normalized spacial score (nSPS) is 13.0. The molecule has 3 aromatic rings. The molecule has 2 heterocycles. The van der Waals surface area contributed by atoms with Crippen LogP contribution in [0.2, 0.25) is 42.3 Å². The van der Waals surface area contributed by atoms with Gasteiger partial charge in [-0.3, -0.25) is 0 Å². The maximum absolute atomic E-state index is 15.2. The van der Waals surface area contributed by atoms with Crippen LogP contribution in [-0.4, -0.2) is 37.6 Å². The molecule has 8 heteroatoms. The summed E-state index contributed by atoms with van der Waals surface area (Å²) in [5.41, 5.74) is 6.02. The highest BCUT2D eigenvalue weighted by atomic mass is 32.1. The maximum atomic E-state index is 15.2. The molecule has 2 aromatic heterocycles. The summed E-state index contributed by atoms with van der Waals surface area (Å²) in [4.78, 5) is 0. The van der Waals surface area contributed by atoms with E-state index in [-0.39, 0.29) is 10.9 Å². The summed E-state index contributed by atoms with van der Waals surface area (Å²) in [7, 11) is -3.20. The molecule has 1 N–H and O–H groups in total. The first-order chi connectivity index (χ1) is 15.8. The SMILES string of the molecule is CC(C)[Si](C#Cc1c(F)sc2cc3c(cnn3COCC[Si](C)(C)C)c(O)c12)(C(C)C)C(C)C. The van der Waals surface area contributed by atoms with Gasteiger partial charge in [0.15, 0.2) is 5.13 Å². The molecule has 0 unspecified atom stereocenters. The molecule has 0 saturated carbocycles. The van der Waals surface area contributed by atoms with Gasteiger partial charge >= 0.3 is 0 Å². The number of fused-ring (bicyclic) bond motifs is 2. The Morgan fingerprint density at radius 2 is 1.74 bits per heavy atom. The molecular formula is C26H39FN2O2SSi2. The maximum Gasteiger partial charge on any atom is 0.193 e. The number of hydrogen-bond donors (Lipinski definition) is 1. The highest BCUT2D eigenvalue weighted by Crippen LogP contribution is 2.43. The van der Waals surface area contributed by atoms with Crippen LogP contribution >= 0.6 is 11.3 Å². The van der Waals surface area contributed by atoms with Gasteiger partial charge in [-0.05, 0) is 28.7 Å². The third kappa shape index (κ3) is 5.13. The predicted octanol–water partition coefficient (Wildman–Crippen LogP) is 7.98. The highest BCUT2D eigenvalue weighted by molar-refractivity contribution is 7.18. The molecule has 3 rings (SSSR count). The smallest absolute Gasteiger partial charge is 0.193 e. The van der Waals surface area contributed by atoms with E-state index in [1.807, 2.05) is 6.07 Å². The van der Waals surface area contributed by atoms with Gasteiger partial charge in [-0.15, -0.1) is 16.9 Å². The fourth-order valence-electron chi connectivity index (χ4n) is 5.09. The van der Waals surface area contributed by atoms with Crippen molar-refractivity contribution in [2.24, 2.45) is 0 Å². The van der Waals surface area contributed by atoms with Crippen molar-refractivity contribution in [1.29, 1.82) is 0 Å². The van der Waals surface area contributed by atoms with E-state index in [9.17, 15) is 5.11 Å². The molecule has 34 heavy (non-hydrogen) atoms. The summed E-state index contributed by atoms with van der Waals surface area (Å²) in [5.74, 6) is 3.28. The van der Waals surface area contributed by atoms with Crippen molar-refractivity contribution in [3.05, 3.63) is 23.0 Å². The molecule has 0 amide bonds. The van der Waals surface area contributed by atoms with Crippen molar-refractivity contribution in [2.45, 2.75) is 90.6 Å². The van der Waals surface area contributed by atoms with Gasteiger partial charge in [0, 0.05) is 19.4 Å². The van der Waals surface area contributed by atoms with Gasteiger partial charge < -0.3 is 9.84 Å². The molecule has 0 atom stereocenters. The Bertz CT molecular complexity index is 1210. The van der Waals surface area contributed by atoms with Gasteiger partial charge in [-0.25, -0.2) is 4.68 Å². The first-order valence-electron chi connectivity index (χ1n) is 12.2. The van der Waals surface area contributed by atoms with Crippen molar-refractivity contribution in [2.75, 3.05) is 6.61 Å². The minimum Gasteiger partial charge on any atom is -0.506 e. The zero-order chi connectivity index (χ0) is 25.4. The lowest BCUT2D eigenvalue weighted by Gasteiger charge is -2.38. The standard InChI is InChI=1S/C26H39FN2O2SSi2/c1-17(2)34(18(3)4,19(5)6)12-10-20-24-23(32-26(20)27)14-22-21(25(24)30)15-28-29(22)16-31-11-13-33(7,8)9/h14-15,17-19,30H,11,13,16H2,1-9H3. The summed E-state index contributed by atoms with van der Waals surface area (Å²) in [6.07, 6.45) is 1.63. The third-order valence-corrected chi connectivity index (χ3v) is 15.9. The first-order valence-corrected chi connectivity index (χ1v) is 19.0. The molecular weight excluding hydrogens is 480 g/mol. The van der Waals surface area contributed by atoms with E-state index < -0.39 is 16.1 Å². The Balaban J connectivity index is 2.04. The van der Waals surface area contributed by atoms with Crippen LogP contribution in [0.1, 0.15) is 47.1 Å². The average molecular weight is 519 g/mol. The van der Waals surface area contributed by atoms with Gasteiger partial charge in [0.1, 0.15) is 20.6 Å². The molecule has 0 aliphatic heterocycles. The number of phenolic OH excluding ortho intramolecular Hbond substituents is 1. The molecule has 0 radical (unpaired) electrons. The minimum atomic E-state index is -2.03. The lowest BCUT2D eigenvalue weighted by atomic mass is 10.1. The molecule has 0 fully saturated rings. The quantitative estimate of drug-likeness (QED) is 0.187. The molecule has 4 nitrogen and oxygen atoms in total. The van der Waals surface area contributed by atoms with E-state index in [0.717, 1.165) is 22.9 Å². The van der Waals surface area contributed by atoms with E-state index >= 15 is 4.39 Å². The third-order valence-electron chi connectivity index (χ3n) is 7.01. The van der Waals surface area contributed by atoms with E-state index in [2.05, 4.69) is 77.7 Å². The summed E-state index contributed by atoms with van der Waals surface area (Å²) in [5, 5.41) is 16.3. The summed E-state index contributed by atoms with van der Waals surface area (Å²) in [6.45, 7) is 21.4. The predicted molar refractivity (Wildman–Crippen MR) is 149 cm³/mol. The van der Waals surface area contributed by atoms with Crippen LogP contribution < -0.4 is 0 Å². The first kappa shape index (κ1) is 26.9. The van der Waals surface area contributed by atoms with Crippen molar-refractivity contribution in [3.8, 4) is 17.2 Å². The van der Waals surface area contributed by atoms with Crippen molar-refractivity contribution < 1.29 is 14.2 Å². The highest BCUT2D eigenvalue weighted by Gasteiger charge is 2.41. The lowest BCUT2D eigenvalue weighted by Crippen LogP contribution is -2.43. The lowest BCUT2D eigenvalue weighted by molar-refractivity contribution is 0.0817. The van der Waals surface area contributed by atoms with Crippen molar-refractivity contribution in [3.63, 3.8) is 0 Å². The number of rotatable bonds is 8. The number of thiophene rings is 1. The Morgan fingerprint density at radius 1 is 1.12 bits per heavy atom. The van der Waals surface area contributed by atoms with Crippen molar-refractivity contribution in [1.82, 2.24) is 9.78 Å². The molecule has 1 aromatic carbocycles. The van der Waals surface area contributed by atoms with Crippen LogP contribution in [0.25, 0.3) is 21.0 Å². The van der Waals surface area contributed by atoms with Crippen LogP contribution in [0.4, 0.5) is 4.39 Å². The Labute approximate surface area is 209 Å². The molecule has 0 spiro atoms. The average Bonchev–Trinajstić information content (AvgIpc) is 3.25. The Kier molecular flexibility index (Phi) is 8.03. The molecule has 0 aliphatic rings. The number of phenols is 1. The second kappa shape index (κ2) is 10.1. The number of aromatic nitrogens is 2. The van der Waals surface area contributed by atoms with E-state index in [0.29, 0.717) is 51.0 Å². The topological polar surface area (TPSA) is 47.3 Å². The summed E-state index contributed by atoms with van der Waals surface area (Å²) >= 11 is 1.04. The zero-order valence-electron chi connectivity index (χ0n) is 22.0. The largest absolute Gasteiger partial charge is 0.506 e. The number of halogens is 1. The van der Waals surface area contributed by atoms with E-state index in [1.165, 1.54) is 0 Å². The monoisotopic (exact) mass is 518 g/mol. The fraction of sp³-hybridized carbons (Fsp3) is 0.577. The minimum absolute atomic E-state index is 0.0520. The molecule has 0 aliphatic carbocycles. The number of nitrogens with zero attached hydrogens (tertiary/aromatic N) is 2. The zero-order valence-corrected chi connectivity index (χ0v) is 24.9. The van der Waals surface area contributed by atoms with Crippen LogP contribution in [0.3, 0.4) is 0 Å². The molecule has 0 saturated heterocycles. The van der Waals surface area contributed by atoms with Crippen LogP contribution in [0, 0.1) is 16.6 Å². The van der Waals surface area contributed by atoms with Crippen LogP contribution in [0.5, 0.6) is 5.75 Å². The number of benzene rings is 1.